The molecule has 0 N–H and O–H groups in total. The molecule has 3 atom stereocenters. The van der Waals surface area contributed by atoms with E-state index in [9.17, 15) is 9.18 Å². The third-order valence-corrected chi connectivity index (χ3v) is 4.87. The van der Waals surface area contributed by atoms with Crippen LogP contribution < -0.4 is 4.74 Å². The lowest BCUT2D eigenvalue weighted by Gasteiger charge is -2.39. The van der Waals surface area contributed by atoms with Gasteiger partial charge in [0.2, 0.25) is 5.91 Å². The zero-order valence-corrected chi connectivity index (χ0v) is 14.4. The van der Waals surface area contributed by atoms with Crippen LogP contribution in [0.3, 0.4) is 0 Å². The standard InChI is InChI=1S/C19H24FNO4/c1-3-9-24-16-7-6-15-19(16)25-10-8-21(15)18(22)11-13-4-5-14(20)12-17(13)23-2/h3-5,12,15-16,19H,1,6-11H2,2H3/t15-,16+,19+/m0/s1. The van der Waals surface area contributed by atoms with Crippen LogP contribution >= 0.6 is 0 Å². The summed E-state index contributed by atoms with van der Waals surface area (Å²) in [5, 5.41) is 0. The minimum Gasteiger partial charge on any atom is -0.496 e. The first-order chi connectivity index (χ1) is 12.1. The number of amides is 1. The Balaban J connectivity index is 1.69. The highest BCUT2D eigenvalue weighted by Gasteiger charge is 2.44. The molecule has 1 aliphatic carbocycles. The van der Waals surface area contributed by atoms with E-state index in [4.69, 9.17) is 14.2 Å². The third kappa shape index (κ3) is 3.85. The Labute approximate surface area is 147 Å². The molecule has 2 fully saturated rings. The van der Waals surface area contributed by atoms with Crippen LogP contribution in [0.25, 0.3) is 0 Å². The third-order valence-electron chi connectivity index (χ3n) is 4.87. The van der Waals surface area contributed by atoms with Crippen LogP contribution in [0.1, 0.15) is 18.4 Å². The molecule has 0 aromatic heterocycles. The molecule has 1 heterocycles. The van der Waals surface area contributed by atoms with Crippen molar-refractivity contribution in [3.63, 3.8) is 0 Å². The van der Waals surface area contributed by atoms with Gasteiger partial charge in [-0.2, -0.15) is 0 Å². The van der Waals surface area contributed by atoms with E-state index in [0.717, 1.165) is 12.8 Å². The lowest BCUT2D eigenvalue weighted by Crippen LogP contribution is -2.54. The molecule has 5 nitrogen and oxygen atoms in total. The van der Waals surface area contributed by atoms with E-state index in [1.807, 2.05) is 4.90 Å². The van der Waals surface area contributed by atoms with Crippen LogP contribution in [0, 0.1) is 5.82 Å². The molecule has 2 aliphatic rings. The van der Waals surface area contributed by atoms with Crippen LogP contribution in [0.15, 0.2) is 30.9 Å². The number of nitrogens with zero attached hydrogens (tertiary/aromatic N) is 1. The molecule has 0 unspecified atom stereocenters. The summed E-state index contributed by atoms with van der Waals surface area (Å²) in [6.45, 7) is 5.22. The number of fused-ring (bicyclic) bond motifs is 1. The van der Waals surface area contributed by atoms with Gasteiger partial charge in [0, 0.05) is 18.2 Å². The summed E-state index contributed by atoms with van der Waals surface area (Å²) in [6, 6.07) is 4.29. The van der Waals surface area contributed by atoms with E-state index in [-0.39, 0.29) is 36.4 Å². The van der Waals surface area contributed by atoms with E-state index in [1.165, 1.54) is 19.2 Å². The second kappa shape index (κ2) is 7.97. The van der Waals surface area contributed by atoms with E-state index in [0.29, 0.717) is 31.1 Å². The monoisotopic (exact) mass is 349 g/mol. The van der Waals surface area contributed by atoms with Gasteiger partial charge >= 0.3 is 0 Å². The molecular weight excluding hydrogens is 325 g/mol. The summed E-state index contributed by atoms with van der Waals surface area (Å²) in [7, 11) is 1.48. The first-order valence-electron chi connectivity index (χ1n) is 8.60. The second-order valence-corrected chi connectivity index (χ2v) is 6.36. The Morgan fingerprint density at radius 2 is 2.32 bits per heavy atom. The topological polar surface area (TPSA) is 48.0 Å². The Kier molecular flexibility index (Phi) is 5.71. The van der Waals surface area contributed by atoms with Crippen molar-refractivity contribution in [2.24, 2.45) is 0 Å². The molecule has 25 heavy (non-hydrogen) atoms. The summed E-state index contributed by atoms with van der Waals surface area (Å²) in [4.78, 5) is 14.7. The average molecular weight is 349 g/mol. The fourth-order valence-corrected chi connectivity index (χ4v) is 3.72. The number of rotatable bonds is 6. The highest BCUT2D eigenvalue weighted by Crippen LogP contribution is 2.33. The summed E-state index contributed by atoms with van der Waals surface area (Å²) in [5.74, 6) is 0.0295. The predicted molar refractivity (Wildman–Crippen MR) is 91.1 cm³/mol. The Hall–Kier alpha value is -1.92. The van der Waals surface area contributed by atoms with Gasteiger partial charge in [0.25, 0.3) is 0 Å². The molecule has 1 aliphatic heterocycles. The van der Waals surface area contributed by atoms with Crippen molar-refractivity contribution in [2.75, 3.05) is 26.9 Å². The Morgan fingerprint density at radius 1 is 1.48 bits per heavy atom. The maximum atomic E-state index is 13.3. The summed E-state index contributed by atoms with van der Waals surface area (Å²) in [6.07, 6.45) is 3.54. The molecule has 6 heteroatoms. The van der Waals surface area contributed by atoms with Crippen LogP contribution in [-0.4, -0.2) is 55.9 Å². The first-order valence-corrected chi connectivity index (χ1v) is 8.60. The smallest absolute Gasteiger partial charge is 0.227 e. The maximum absolute atomic E-state index is 13.3. The molecular formula is C19H24FNO4. The molecule has 1 saturated heterocycles. The van der Waals surface area contributed by atoms with E-state index >= 15 is 0 Å². The van der Waals surface area contributed by atoms with Crippen LogP contribution in [0.2, 0.25) is 0 Å². The number of ether oxygens (including phenoxy) is 3. The number of carbonyl (C=O) groups is 1. The maximum Gasteiger partial charge on any atom is 0.227 e. The van der Waals surface area contributed by atoms with Gasteiger partial charge in [-0.1, -0.05) is 12.1 Å². The van der Waals surface area contributed by atoms with E-state index in [1.54, 1.807) is 12.1 Å². The molecule has 1 aromatic carbocycles. The van der Waals surface area contributed by atoms with Gasteiger partial charge in [0.15, 0.2) is 0 Å². The highest BCUT2D eigenvalue weighted by atomic mass is 19.1. The van der Waals surface area contributed by atoms with Crippen molar-refractivity contribution in [2.45, 2.75) is 37.5 Å². The average Bonchev–Trinajstić information content (AvgIpc) is 3.04. The second-order valence-electron chi connectivity index (χ2n) is 6.36. The first kappa shape index (κ1) is 17.9. The van der Waals surface area contributed by atoms with E-state index < -0.39 is 0 Å². The van der Waals surface area contributed by atoms with Crippen LogP contribution in [-0.2, 0) is 20.7 Å². The van der Waals surface area contributed by atoms with Gasteiger partial charge in [0.05, 0.1) is 38.9 Å². The molecule has 0 radical (unpaired) electrons. The quantitative estimate of drug-likeness (QED) is 0.740. The fourth-order valence-electron chi connectivity index (χ4n) is 3.72. The highest BCUT2D eigenvalue weighted by molar-refractivity contribution is 5.80. The lowest BCUT2D eigenvalue weighted by molar-refractivity contribution is -0.150. The molecule has 1 amide bonds. The lowest BCUT2D eigenvalue weighted by atomic mass is 10.1. The number of methoxy groups -OCH3 is 1. The van der Waals surface area contributed by atoms with Gasteiger partial charge in [-0.15, -0.1) is 6.58 Å². The normalized spacial score (nSPS) is 25.5. The number of carbonyl (C=O) groups excluding carboxylic acids is 1. The summed E-state index contributed by atoms with van der Waals surface area (Å²) in [5.41, 5.74) is 0.689. The largest absolute Gasteiger partial charge is 0.496 e. The Morgan fingerprint density at radius 3 is 3.08 bits per heavy atom. The number of hydrogen-bond acceptors (Lipinski definition) is 4. The van der Waals surface area contributed by atoms with Gasteiger partial charge in [-0.05, 0) is 18.9 Å². The molecule has 0 spiro atoms. The SMILES string of the molecule is C=CCO[C@@H]1CC[C@H]2[C@H]1OCCN2C(=O)Cc1ccc(F)cc1OC. The minimum atomic E-state index is -0.377. The number of benzene rings is 1. The molecule has 1 aromatic rings. The van der Waals surface area contributed by atoms with Gasteiger partial charge in [-0.25, -0.2) is 4.39 Å². The number of morpholine rings is 1. The van der Waals surface area contributed by atoms with Gasteiger partial charge in [0.1, 0.15) is 17.7 Å². The molecule has 1 saturated carbocycles. The van der Waals surface area contributed by atoms with E-state index in [2.05, 4.69) is 6.58 Å². The zero-order valence-electron chi connectivity index (χ0n) is 14.4. The van der Waals surface area contributed by atoms with Crippen molar-refractivity contribution in [3.05, 3.63) is 42.2 Å². The summed E-state index contributed by atoms with van der Waals surface area (Å²) >= 11 is 0. The number of halogens is 1. The fraction of sp³-hybridized carbons (Fsp3) is 0.526. The molecule has 3 rings (SSSR count). The Bertz CT molecular complexity index is 636. The van der Waals surface area contributed by atoms with Gasteiger partial charge in [-0.3, -0.25) is 4.79 Å². The van der Waals surface area contributed by atoms with Crippen molar-refractivity contribution in [1.29, 1.82) is 0 Å². The number of hydrogen-bond donors (Lipinski definition) is 0. The van der Waals surface area contributed by atoms with Crippen molar-refractivity contribution in [3.8, 4) is 5.75 Å². The van der Waals surface area contributed by atoms with Crippen LogP contribution in [0.4, 0.5) is 4.39 Å². The van der Waals surface area contributed by atoms with Crippen molar-refractivity contribution >= 4 is 5.91 Å². The molecule has 136 valence electrons. The zero-order chi connectivity index (χ0) is 17.8. The van der Waals surface area contributed by atoms with Crippen molar-refractivity contribution in [1.82, 2.24) is 4.90 Å². The van der Waals surface area contributed by atoms with Gasteiger partial charge < -0.3 is 19.1 Å². The summed E-state index contributed by atoms with van der Waals surface area (Å²) < 4.78 is 30.2. The van der Waals surface area contributed by atoms with Crippen molar-refractivity contribution < 1.29 is 23.4 Å². The minimum absolute atomic E-state index is 0.000965. The van der Waals surface area contributed by atoms with Crippen LogP contribution in [0.5, 0.6) is 5.75 Å². The predicted octanol–water partition coefficient (Wildman–Crippen LogP) is 2.34. The molecule has 0 bridgehead atoms.